The molecule has 19 heavy (non-hydrogen) atoms. The van der Waals surface area contributed by atoms with E-state index in [1.165, 1.54) is 0 Å². The molecular weight excluding hydrogens is 242 g/mol. The van der Waals surface area contributed by atoms with E-state index < -0.39 is 0 Å². The fourth-order valence-electron chi connectivity index (χ4n) is 2.92. The normalized spacial score (nSPS) is 26.1. The molecule has 0 N–H and O–H groups in total. The molecule has 0 aliphatic carbocycles. The Hall–Kier alpha value is -1.79. The SMILES string of the molecule is c1ccc(CN2C[C@@H]3[C@@H](C2)OCc2cnnn23)nc1. The van der Waals surface area contributed by atoms with E-state index in [4.69, 9.17) is 4.74 Å². The molecule has 2 aliphatic rings. The standard InChI is InChI=1S/C13H15N5O/c1-2-4-14-10(3-1)6-17-7-12-13(8-17)19-9-11-5-15-16-18(11)12/h1-5,12-13H,6-9H2/t12-,13-/m1/s1. The van der Waals surface area contributed by atoms with Gasteiger partial charge in [-0.2, -0.15) is 0 Å². The Morgan fingerprint density at radius 1 is 1.32 bits per heavy atom. The monoisotopic (exact) mass is 257 g/mol. The van der Waals surface area contributed by atoms with Crippen molar-refractivity contribution in [2.75, 3.05) is 13.1 Å². The van der Waals surface area contributed by atoms with E-state index in [9.17, 15) is 0 Å². The zero-order chi connectivity index (χ0) is 12.7. The second-order valence-electron chi connectivity index (χ2n) is 5.10. The van der Waals surface area contributed by atoms with Crippen LogP contribution in [0.4, 0.5) is 0 Å². The van der Waals surface area contributed by atoms with Gasteiger partial charge in [-0.05, 0) is 12.1 Å². The average Bonchev–Trinajstić information content (AvgIpc) is 3.04. The maximum Gasteiger partial charge on any atom is 0.0944 e. The van der Waals surface area contributed by atoms with Gasteiger partial charge in [-0.3, -0.25) is 9.88 Å². The summed E-state index contributed by atoms with van der Waals surface area (Å²) >= 11 is 0. The Bertz CT molecular complexity index is 569. The third-order valence-electron chi connectivity index (χ3n) is 3.83. The lowest BCUT2D eigenvalue weighted by Crippen LogP contribution is -2.32. The molecule has 0 amide bonds. The van der Waals surface area contributed by atoms with Gasteiger partial charge in [-0.25, -0.2) is 4.68 Å². The van der Waals surface area contributed by atoms with Crippen LogP contribution in [0.2, 0.25) is 0 Å². The molecule has 2 aromatic heterocycles. The molecule has 98 valence electrons. The molecule has 0 radical (unpaired) electrons. The van der Waals surface area contributed by atoms with Gasteiger partial charge in [0, 0.05) is 25.8 Å². The van der Waals surface area contributed by atoms with Crippen molar-refractivity contribution in [3.05, 3.63) is 42.0 Å². The van der Waals surface area contributed by atoms with Crippen molar-refractivity contribution in [3.8, 4) is 0 Å². The quantitative estimate of drug-likeness (QED) is 0.789. The molecule has 0 saturated carbocycles. The Labute approximate surface area is 111 Å². The van der Waals surface area contributed by atoms with Crippen LogP contribution in [0.3, 0.4) is 0 Å². The first kappa shape index (κ1) is 11.1. The fraction of sp³-hybridized carbons (Fsp3) is 0.462. The molecule has 2 atom stereocenters. The van der Waals surface area contributed by atoms with Crippen LogP contribution in [-0.2, 0) is 17.9 Å². The highest BCUT2D eigenvalue weighted by molar-refractivity contribution is 5.06. The smallest absolute Gasteiger partial charge is 0.0944 e. The van der Waals surface area contributed by atoms with Gasteiger partial charge in [0.05, 0.1) is 36.3 Å². The average molecular weight is 257 g/mol. The molecule has 6 heteroatoms. The van der Waals surface area contributed by atoms with Crippen molar-refractivity contribution in [2.45, 2.75) is 25.3 Å². The molecule has 6 nitrogen and oxygen atoms in total. The van der Waals surface area contributed by atoms with Crippen LogP contribution >= 0.6 is 0 Å². The minimum atomic E-state index is 0.220. The van der Waals surface area contributed by atoms with Crippen molar-refractivity contribution < 1.29 is 4.74 Å². The van der Waals surface area contributed by atoms with Gasteiger partial charge in [-0.1, -0.05) is 11.3 Å². The summed E-state index contributed by atoms with van der Waals surface area (Å²) in [6, 6.07) is 6.31. The summed E-state index contributed by atoms with van der Waals surface area (Å²) in [5.74, 6) is 0. The van der Waals surface area contributed by atoms with E-state index in [1.807, 2.05) is 23.0 Å². The van der Waals surface area contributed by atoms with Crippen molar-refractivity contribution in [3.63, 3.8) is 0 Å². The maximum absolute atomic E-state index is 5.89. The first-order chi connectivity index (χ1) is 9.40. The third kappa shape index (κ3) is 1.93. The van der Waals surface area contributed by atoms with Crippen molar-refractivity contribution in [2.24, 2.45) is 0 Å². The van der Waals surface area contributed by atoms with E-state index in [2.05, 4.69) is 26.3 Å². The van der Waals surface area contributed by atoms with Crippen LogP contribution in [0.25, 0.3) is 0 Å². The van der Waals surface area contributed by atoms with Crippen LogP contribution in [-0.4, -0.2) is 44.1 Å². The van der Waals surface area contributed by atoms with Gasteiger partial charge in [0.1, 0.15) is 0 Å². The van der Waals surface area contributed by atoms with Gasteiger partial charge in [0.25, 0.3) is 0 Å². The Kier molecular flexibility index (Phi) is 2.56. The second-order valence-corrected chi connectivity index (χ2v) is 5.10. The largest absolute Gasteiger partial charge is 0.368 e. The maximum atomic E-state index is 5.89. The summed E-state index contributed by atoms with van der Waals surface area (Å²) in [6.45, 7) is 3.35. The number of fused-ring (bicyclic) bond motifs is 3. The van der Waals surface area contributed by atoms with Crippen LogP contribution < -0.4 is 0 Å². The predicted octanol–water partition coefficient (Wildman–Crippen LogP) is 0.629. The first-order valence-corrected chi connectivity index (χ1v) is 6.53. The van der Waals surface area contributed by atoms with Gasteiger partial charge in [-0.15, -0.1) is 5.10 Å². The molecule has 2 aliphatic heterocycles. The number of likely N-dealkylation sites (tertiary alicyclic amines) is 1. The van der Waals surface area contributed by atoms with Gasteiger partial charge in [0.2, 0.25) is 0 Å². The molecule has 0 unspecified atom stereocenters. The summed E-state index contributed by atoms with van der Waals surface area (Å²) in [4.78, 5) is 6.75. The second kappa shape index (κ2) is 4.40. The number of hydrogen-bond donors (Lipinski definition) is 0. The topological polar surface area (TPSA) is 56.1 Å². The Morgan fingerprint density at radius 3 is 3.21 bits per heavy atom. The number of ether oxygens (including phenoxy) is 1. The van der Waals surface area contributed by atoms with Crippen LogP contribution in [0.15, 0.2) is 30.6 Å². The predicted molar refractivity (Wildman–Crippen MR) is 67.2 cm³/mol. The molecule has 2 aromatic rings. The number of nitrogens with zero attached hydrogens (tertiary/aromatic N) is 5. The van der Waals surface area contributed by atoms with Crippen LogP contribution in [0.5, 0.6) is 0 Å². The van der Waals surface area contributed by atoms with E-state index >= 15 is 0 Å². The molecule has 4 rings (SSSR count). The highest BCUT2D eigenvalue weighted by Crippen LogP contribution is 2.30. The lowest BCUT2D eigenvalue weighted by atomic mass is 10.2. The number of pyridine rings is 1. The minimum absolute atomic E-state index is 0.220. The molecule has 0 aromatic carbocycles. The Balaban J connectivity index is 1.52. The van der Waals surface area contributed by atoms with E-state index in [1.54, 1.807) is 6.20 Å². The van der Waals surface area contributed by atoms with Crippen LogP contribution in [0.1, 0.15) is 17.4 Å². The molecule has 0 bridgehead atoms. The van der Waals surface area contributed by atoms with Crippen molar-refractivity contribution in [1.82, 2.24) is 24.9 Å². The molecule has 0 spiro atoms. The van der Waals surface area contributed by atoms with E-state index in [0.29, 0.717) is 6.61 Å². The summed E-state index contributed by atoms with van der Waals surface area (Å²) < 4.78 is 7.91. The molecule has 1 fully saturated rings. The van der Waals surface area contributed by atoms with Crippen LogP contribution in [0, 0.1) is 0 Å². The highest BCUT2D eigenvalue weighted by Gasteiger charge is 2.39. The zero-order valence-corrected chi connectivity index (χ0v) is 10.5. The molecule has 1 saturated heterocycles. The highest BCUT2D eigenvalue weighted by atomic mass is 16.5. The lowest BCUT2D eigenvalue weighted by Gasteiger charge is -2.25. The number of hydrogen-bond acceptors (Lipinski definition) is 5. The van der Waals surface area contributed by atoms with Gasteiger partial charge < -0.3 is 4.74 Å². The van der Waals surface area contributed by atoms with Crippen molar-refractivity contribution in [1.29, 1.82) is 0 Å². The van der Waals surface area contributed by atoms with Gasteiger partial charge in [0.15, 0.2) is 0 Å². The third-order valence-corrected chi connectivity index (χ3v) is 3.83. The minimum Gasteiger partial charge on any atom is -0.368 e. The number of aromatic nitrogens is 4. The van der Waals surface area contributed by atoms with E-state index in [-0.39, 0.29) is 12.1 Å². The summed E-state index contributed by atoms with van der Waals surface area (Å²) in [6.07, 6.45) is 3.85. The van der Waals surface area contributed by atoms with E-state index in [0.717, 1.165) is 31.0 Å². The van der Waals surface area contributed by atoms with Crippen molar-refractivity contribution >= 4 is 0 Å². The zero-order valence-electron chi connectivity index (χ0n) is 10.5. The summed E-state index contributed by atoms with van der Waals surface area (Å²) in [5.41, 5.74) is 2.17. The fourth-order valence-corrected chi connectivity index (χ4v) is 2.92. The van der Waals surface area contributed by atoms with Gasteiger partial charge >= 0.3 is 0 Å². The first-order valence-electron chi connectivity index (χ1n) is 6.53. The number of rotatable bonds is 2. The summed E-state index contributed by atoms with van der Waals surface area (Å²) in [5, 5.41) is 8.16. The lowest BCUT2D eigenvalue weighted by molar-refractivity contribution is -0.00523. The molecular formula is C13H15N5O. The summed E-state index contributed by atoms with van der Waals surface area (Å²) in [7, 11) is 0. The molecule has 4 heterocycles. The Morgan fingerprint density at radius 2 is 2.32 bits per heavy atom.